The maximum Gasteiger partial charge on any atom is 0.249 e. The average Bonchev–Trinajstić information content (AvgIpc) is 2.86. The summed E-state index contributed by atoms with van der Waals surface area (Å²) in [6, 6.07) is 7.69. The fraction of sp³-hybridized carbons (Fsp3) is 0.500. The lowest BCUT2D eigenvalue weighted by atomic mass is 9.94. The highest BCUT2D eigenvalue weighted by Gasteiger charge is 2.45. The molecule has 0 radical (unpaired) electrons. The van der Waals surface area contributed by atoms with E-state index < -0.39 is 0 Å². The van der Waals surface area contributed by atoms with Crippen LogP contribution >= 0.6 is 11.6 Å². The number of benzene rings is 1. The van der Waals surface area contributed by atoms with E-state index in [1.165, 1.54) is 0 Å². The fourth-order valence-corrected chi connectivity index (χ4v) is 3.08. The molecule has 0 bridgehead atoms. The summed E-state index contributed by atoms with van der Waals surface area (Å²) in [4.78, 5) is 14.1. The number of rotatable bonds is 2. The number of carbonyl (C=O) groups excluding carboxylic acids is 1. The maximum atomic E-state index is 12.2. The van der Waals surface area contributed by atoms with Crippen molar-refractivity contribution in [2.24, 2.45) is 0 Å². The smallest absolute Gasteiger partial charge is 0.249 e. The average molecular weight is 281 g/mol. The van der Waals surface area contributed by atoms with Crippen molar-refractivity contribution in [1.29, 1.82) is 0 Å². The molecule has 4 nitrogen and oxygen atoms in total. The van der Waals surface area contributed by atoms with Crippen LogP contribution in [0.1, 0.15) is 12.0 Å². The standard InChI is InChI=1S/C14H17ClN2O2/c15-12-4-2-1-3-11(12)7-17-13(18)8-19-10-14(17)5-6-16-9-14/h1-4,16H,5-10H2. The zero-order valence-electron chi connectivity index (χ0n) is 10.7. The van der Waals surface area contributed by atoms with Gasteiger partial charge in [0, 0.05) is 18.1 Å². The number of ether oxygens (including phenoxy) is 1. The van der Waals surface area contributed by atoms with Gasteiger partial charge < -0.3 is 15.0 Å². The molecule has 1 atom stereocenters. The predicted molar refractivity (Wildman–Crippen MR) is 73.0 cm³/mol. The highest BCUT2D eigenvalue weighted by molar-refractivity contribution is 6.31. The normalized spacial score (nSPS) is 27.2. The van der Waals surface area contributed by atoms with Crippen molar-refractivity contribution in [3.63, 3.8) is 0 Å². The zero-order chi connectivity index (χ0) is 13.3. The van der Waals surface area contributed by atoms with Crippen LogP contribution in [0.5, 0.6) is 0 Å². The van der Waals surface area contributed by atoms with Crippen LogP contribution < -0.4 is 5.32 Å². The van der Waals surface area contributed by atoms with Crippen LogP contribution in [0, 0.1) is 0 Å². The predicted octanol–water partition coefficient (Wildman–Crippen LogP) is 1.43. The van der Waals surface area contributed by atoms with Crippen LogP contribution in [-0.4, -0.2) is 42.6 Å². The summed E-state index contributed by atoms with van der Waals surface area (Å²) in [5.74, 6) is 0.0508. The van der Waals surface area contributed by atoms with E-state index in [4.69, 9.17) is 16.3 Å². The third-order valence-corrected chi connectivity index (χ3v) is 4.35. The van der Waals surface area contributed by atoms with E-state index >= 15 is 0 Å². The highest BCUT2D eigenvalue weighted by atomic mass is 35.5. The molecule has 1 N–H and O–H groups in total. The van der Waals surface area contributed by atoms with E-state index in [-0.39, 0.29) is 18.1 Å². The molecule has 5 heteroatoms. The molecule has 0 saturated carbocycles. The number of nitrogens with zero attached hydrogens (tertiary/aromatic N) is 1. The first kappa shape index (κ1) is 12.9. The van der Waals surface area contributed by atoms with Gasteiger partial charge in [0.15, 0.2) is 0 Å². The lowest BCUT2D eigenvalue weighted by Gasteiger charge is -2.44. The van der Waals surface area contributed by atoms with Crippen molar-refractivity contribution in [2.45, 2.75) is 18.5 Å². The number of amides is 1. The van der Waals surface area contributed by atoms with Gasteiger partial charge in [0.25, 0.3) is 0 Å². The molecule has 1 amide bonds. The van der Waals surface area contributed by atoms with Crippen molar-refractivity contribution in [3.05, 3.63) is 34.9 Å². The minimum Gasteiger partial charge on any atom is -0.369 e. The van der Waals surface area contributed by atoms with Crippen LogP contribution in [-0.2, 0) is 16.1 Å². The summed E-state index contributed by atoms with van der Waals surface area (Å²) < 4.78 is 5.45. The first-order valence-corrected chi connectivity index (χ1v) is 6.91. The van der Waals surface area contributed by atoms with E-state index in [9.17, 15) is 4.79 Å². The monoisotopic (exact) mass is 280 g/mol. The molecule has 2 heterocycles. The molecular formula is C14H17ClN2O2. The van der Waals surface area contributed by atoms with Gasteiger partial charge in [-0.1, -0.05) is 29.8 Å². The highest BCUT2D eigenvalue weighted by Crippen LogP contribution is 2.30. The molecule has 1 spiro atoms. The molecule has 2 saturated heterocycles. The molecular weight excluding hydrogens is 264 g/mol. The second-order valence-electron chi connectivity index (χ2n) is 5.22. The Morgan fingerprint density at radius 2 is 2.26 bits per heavy atom. The third kappa shape index (κ3) is 2.36. The number of nitrogens with one attached hydrogen (secondary N) is 1. The third-order valence-electron chi connectivity index (χ3n) is 3.98. The molecule has 1 unspecified atom stereocenters. The largest absolute Gasteiger partial charge is 0.369 e. The van der Waals surface area contributed by atoms with E-state index in [1.54, 1.807) is 0 Å². The lowest BCUT2D eigenvalue weighted by Crippen LogP contribution is -2.60. The Morgan fingerprint density at radius 3 is 3.00 bits per heavy atom. The summed E-state index contributed by atoms with van der Waals surface area (Å²) in [6.07, 6.45) is 0.934. The van der Waals surface area contributed by atoms with Crippen LogP contribution in [0.3, 0.4) is 0 Å². The molecule has 2 aliphatic rings. The molecule has 3 rings (SSSR count). The molecule has 19 heavy (non-hydrogen) atoms. The van der Waals surface area contributed by atoms with Gasteiger partial charge in [-0.25, -0.2) is 0 Å². The van der Waals surface area contributed by atoms with Gasteiger partial charge in [-0.15, -0.1) is 0 Å². The van der Waals surface area contributed by atoms with Crippen LogP contribution in [0.2, 0.25) is 5.02 Å². The summed E-state index contributed by atoms with van der Waals surface area (Å²) in [7, 11) is 0. The first-order valence-electron chi connectivity index (χ1n) is 6.54. The van der Waals surface area contributed by atoms with Gasteiger partial charge in [-0.2, -0.15) is 0 Å². The van der Waals surface area contributed by atoms with E-state index in [1.807, 2.05) is 29.2 Å². The number of halogens is 1. The molecule has 1 aromatic carbocycles. The van der Waals surface area contributed by atoms with Gasteiger partial charge in [0.05, 0.1) is 12.1 Å². The molecule has 2 fully saturated rings. The molecule has 0 aliphatic carbocycles. The molecule has 102 valence electrons. The molecule has 0 aromatic heterocycles. The summed E-state index contributed by atoms with van der Waals surface area (Å²) in [5, 5.41) is 4.04. The summed E-state index contributed by atoms with van der Waals surface area (Å²) >= 11 is 6.20. The maximum absolute atomic E-state index is 12.2. The van der Waals surface area contributed by atoms with Crippen molar-refractivity contribution in [3.8, 4) is 0 Å². The Hall–Kier alpha value is -1.10. The van der Waals surface area contributed by atoms with Gasteiger partial charge in [0.2, 0.25) is 5.91 Å². The van der Waals surface area contributed by atoms with Crippen LogP contribution in [0.25, 0.3) is 0 Å². The van der Waals surface area contributed by atoms with Crippen LogP contribution in [0.15, 0.2) is 24.3 Å². The van der Waals surface area contributed by atoms with Crippen LogP contribution in [0.4, 0.5) is 0 Å². The first-order chi connectivity index (χ1) is 9.21. The number of morpholine rings is 1. The quantitative estimate of drug-likeness (QED) is 0.891. The minimum atomic E-state index is -0.200. The Bertz CT molecular complexity index is 486. The number of hydrogen-bond acceptors (Lipinski definition) is 3. The Kier molecular flexibility index (Phi) is 3.48. The molecule has 1 aromatic rings. The second kappa shape index (κ2) is 5.12. The fourth-order valence-electron chi connectivity index (χ4n) is 2.89. The lowest BCUT2D eigenvalue weighted by molar-refractivity contribution is -0.157. The topological polar surface area (TPSA) is 41.6 Å². The Balaban J connectivity index is 1.87. The summed E-state index contributed by atoms with van der Waals surface area (Å²) in [5.41, 5.74) is 0.791. The van der Waals surface area contributed by atoms with Crippen molar-refractivity contribution < 1.29 is 9.53 Å². The van der Waals surface area contributed by atoms with Crippen molar-refractivity contribution in [1.82, 2.24) is 10.2 Å². The van der Waals surface area contributed by atoms with Gasteiger partial charge in [-0.3, -0.25) is 4.79 Å². The second-order valence-corrected chi connectivity index (χ2v) is 5.62. The Labute approximate surface area is 117 Å². The van der Waals surface area contributed by atoms with Gasteiger partial charge >= 0.3 is 0 Å². The van der Waals surface area contributed by atoms with Gasteiger partial charge in [0.1, 0.15) is 6.61 Å². The van der Waals surface area contributed by atoms with Gasteiger partial charge in [-0.05, 0) is 24.6 Å². The van der Waals surface area contributed by atoms with E-state index in [0.717, 1.165) is 25.1 Å². The minimum absolute atomic E-state index is 0.0508. The molecule has 2 aliphatic heterocycles. The van der Waals surface area contributed by atoms with Crippen molar-refractivity contribution >= 4 is 17.5 Å². The number of carbonyl (C=O) groups is 1. The summed E-state index contributed by atoms with van der Waals surface area (Å²) in [6.45, 7) is 3.06. The van der Waals surface area contributed by atoms with E-state index in [2.05, 4.69) is 5.32 Å². The number of hydrogen-bond donors (Lipinski definition) is 1. The van der Waals surface area contributed by atoms with Crippen molar-refractivity contribution in [2.75, 3.05) is 26.3 Å². The zero-order valence-corrected chi connectivity index (χ0v) is 11.4. The SMILES string of the molecule is O=C1COCC2(CCNC2)N1Cc1ccccc1Cl. The Morgan fingerprint density at radius 1 is 1.42 bits per heavy atom. The van der Waals surface area contributed by atoms with E-state index in [0.29, 0.717) is 18.2 Å².